The average molecular weight is 347 g/mol. The van der Waals surface area contributed by atoms with Gasteiger partial charge in [0.25, 0.3) is 0 Å². The van der Waals surface area contributed by atoms with Crippen LogP contribution in [-0.4, -0.2) is 12.8 Å². The van der Waals surface area contributed by atoms with Crippen LogP contribution >= 0.6 is 11.6 Å². The summed E-state index contributed by atoms with van der Waals surface area (Å²) in [5.74, 6) is 0.126. The van der Waals surface area contributed by atoms with Crippen molar-refractivity contribution in [1.29, 1.82) is 0 Å². The SMILES string of the molecule is CCOc1cc(C2(C(F)(F)F)N=N2)cc2oc(=O)cc(CCl)c12. The summed E-state index contributed by atoms with van der Waals surface area (Å²) in [6.45, 7) is 1.90. The first-order valence-electron chi connectivity index (χ1n) is 6.63. The summed E-state index contributed by atoms with van der Waals surface area (Å²) in [5.41, 5.74) is -3.23. The Kier molecular flexibility index (Phi) is 3.59. The zero-order chi connectivity index (χ0) is 16.8. The fourth-order valence-electron chi connectivity index (χ4n) is 2.36. The Morgan fingerprint density at radius 1 is 1.30 bits per heavy atom. The van der Waals surface area contributed by atoms with E-state index in [9.17, 15) is 18.0 Å². The summed E-state index contributed by atoms with van der Waals surface area (Å²) in [6, 6.07) is 3.49. The lowest BCUT2D eigenvalue weighted by Crippen LogP contribution is -2.30. The monoisotopic (exact) mass is 346 g/mol. The van der Waals surface area contributed by atoms with Crippen molar-refractivity contribution in [1.82, 2.24) is 0 Å². The highest BCUT2D eigenvalue weighted by Gasteiger charge is 2.65. The number of halogens is 4. The van der Waals surface area contributed by atoms with Gasteiger partial charge in [-0.3, -0.25) is 0 Å². The van der Waals surface area contributed by atoms with Crippen molar-refractivity contribution >= 4 is 22.6 Å². The molecule has 0 saturated heterocycles. The molecule has 2 aromatic rings. The summed E-state index contributed by atoms with van der Waals surface area (Å²) >= 11 is 5.81. The Hall–Kier alpha value is -2.09. The van der Waals surface area contributed by atoms with Crippen LogP contribution in [0.25, 0.3) is 11.0 Å². The van der Waals surface area contributed by atoms with Crippen molar-refractivity contribution in [3.05, 3.63) is 39.7 Å². The first-order valence-corrected chi connectivity index (χ1v) is 7.16. The van der Waals surface area contributed by atoms with Gasteiger partial charge in [0.2, 0.25) is 0 Å². The van der Waals surface area contributed by atoms with E-state index >= 15 is 0 Å². The molecule has 3 rings (SSSR count). The van der Waals surface area contributed by atoms with Gasteiger partial charge >= 0.3 is 17.5 Å². The minimum absolute atomic E-state index is 0.0132. The predicted molar refractivity (Wildman–Crippen MR) is 75.8 cm³/mol. The van der Waals surface area contributed by atoms with Crippen LogP contribution in [0.1, 0.15) is 18.1 Å². The predicted octanol–water partition coefficient (Wildman–Crippen LogP) is 4.11. The number of hydrogen-bond acceptors (Lipinski definition) is 5. The van der Waals surface area contributed by atoms with Gasteiger partial charge in [-0.05, 0) is 24.6 Å². The summed E-state index contributed by atoms with van der Waals surface area (Å²) in [5, 5.41) is 6.66. The molecule has 5 nitrogen and oxygen atoms in total. The quantitative estimate of drug-likeness (QED) is 0.618. The molecule has 0 spiro atoms. The van der Waals surface area contributed by atoms with Gasteiger partial charge in [-0.2, -0.15) is 13.2 Å². The summed E-state index contributed by atoms with van der Waals surface area (Å²) in [7, 11) is 0. The van der Waals surface area contributed by atoms with E-state index in [2.05, 4.69) is 10.2 Å². The Morgan fingerprint density at radius 2 is 2.00 bits per heavy atom. The van der Waals surface area contributed by atoms with E-state index < -0.39 is 17.5 Å². The molecule has 0 saturated carbocycles. The van der Waals surface area contributed by atoms with Gasteiger partial charge in [0.15, 0.2) is 0 Å². The Balaban J connectivity index is 2.29. The van der Waals surface area contributed by atoms with Crippen molar-refractivity contribution < 1.29 is 22.3 Å². The lowest BCUT2D eigenvalue weighted by Gasteiger charge is -2.17. The molecule has 23 heavy (non-hydrogen) atoms. The fourth-order valence-corrected chi connectivity index (χ4v) is 2.57. The van der Waals surface area contributed by atoms with E-state index in [-0.39, 0.29) is 29.4 Å². The van der Waals surface area contributed by atoms with Crippen molar-refractivity contribution in [3.8, 4) is 5.75 Å². The van der Waals surface area contributed by atoms with Crippen molar-refractivity contribution in [2.75, 3.05) is 6.61 Å². The molecule has 0 atom stereocenters. The molecule has 0 unspecified atom stereocenters. The van der Waals surface area contributed by atoms with E-state index in [0.29, 0.717) is 10.9 Å². The molecule has 0 bridgehead atoms. The molecule has 1 aliphatic rings. The van der Waals surface area contributed by atoms with Gasteiger partial charge in [0.1, 0.15) is 11.3 Å². The van der Waals surface area contributed by atoms with Gasteiger partial charge in [0.05, 0.1) is 12.0 Å². The molecule has 0 aliphatic carbocycles. The lowest BCUT2D eigenvalue weighted by atomic mass is 9.99. The Labute approximate surface area is 132 Å². The number of alkyl halides is 4. The zero-order valence-electron chi connectivity index (χ0n) is 11.8. The number of nitrogens with zero attached hydrogens (tertiary/aromatic N) is 2. The van der Waals surface area contributed by atoms with Crippen molar-refractivity contribution in [2.45, 2.75) is 24.6 Å². The largest absolute Gasteiger partial charge is 0.493 e. The minimum atomic E-state index is -4.69. The van der Waals surface area contributed by atoms with E-state index in [1.54, 1.807) is 6.92 Å². The van der Waals surface area contributed by atoms with E-state index in [0.717, 1.165) is 6.07 Å². The van der Waals surface area contributed by atoms with Crippen LogP contribution in [0, 0.1) is 0 Å². The summed E-state index contributed by atoms with van der Waals surface area (Å²) < 4.78 is 50.0. The fraction of sp³-hybridized carbons (Fsp3) is 0.357. The average Bonchev–Trinajstić information content (AvgIpc) is 3.27. The second-order valence-electron chi connectivity index (χ2n) is 4.87. The lowest BCUT2D eigenvalue weighted by molar-refractivity contribution is -0.166. The van der Waals surface area contributed by atoms with Gasteiger partial charge < -0.3 is 9.15 Å². The van der Waals surface area contributed by atoms with Crippen molar-refractivity contribution in [2.24, 2.45) is 10.2 Å². The highest BCUT2D eigenvalue weighted by Crippen LogP contribution is 2.53. The van der Waals surface area contributed by atoms with Crippen LogP contribution in [0.3, 0.4) is 0 Å². The van der Waals surface area contributed by atoms with Crippen molar-refractivity contribution in [3.63, 3.8) is 0 Å². The molecule has 0 radical (unpaired) electrons. The maximum Gasteiger partial charge on any atom is 0.442 e. The summed E-state index contributed by atoms with van der Waals surface area (Å²) in [6.07, 6.45) is -4.69. The molecule has 0 amide bonds. The number of ether oxygens (including phenoxy) is 1. The van der Waals surface area contributed by atoms with Gasteiger partial charge in [-0.25, -0.2) is 4.79 Å². The smallest absolute Gasteiger partial charge is 0.442 e. The highest BCUT2D eigenvalue weighted by molar-refractivity contribution is 6.18. The third kappa shape index (κ3) is 2.46. The van der Waals surface area contributed by atoms with E-state index in [4.69, 9.17) is 20.8 Å². The van der Waals surface area contributed by atoms with Gasteiger partial charge in [-0.15, -0.1) is 21.8 Å². The van der Waals surface area contributed by atoms with E-state index in [1.165, 1.54) is 12.1 Å². The van der Waals surface area contributed by atoms with Crippen LogP contribution in [0.2, 0.25) is 0 Å². The third-order valence-corrected chi connectivity index (χ3v) is 3.72. The van der Waals surface area contributed by atoms with Crippen LogP contribution in [0.4, 0.5) is 13.2 Å². The molecule has 1 aromatic carbocycles. The van der Waals surface area contributed by atoms with Crippen LogP contribution in [0.15, 0.2) is 37.6 Å². The molecule has 122 valence electrons. The first-order chi connectivity index (χ1) is 10.8. The van der Waals surface area contributed by atoms with Crippen LogP contribution in [-0.2, 0) is 11.5 Å². The van der Waals surface area contributed by atoms with Gasteiger partial charge in [-0.1, -0.05) is 0 Å². The number of hydrogen-bond donors (Lipinski definition) is 0. The third-order valence-electron chi connectivity index (χ3n) is 3.43. The topological polar surface area (TPSA) is 64.2 Å². The van der Waals surface area contributed by atoms with Crippen LogP contribution < -0.4 is 10.4 Å². The van der Waals surface area contributed by atoms with E-state index in [1.807, 2.05) is 0 Å². The molecule has 2 heterocycles. The molecule has 0 N–H and O–H groups in total. The first kappa shape index (κ1) is 15.8. The second-order valence-corrected chi connectivity index (χ2v) is 5.14. The molecule has 9 heteroatoms. The number of fused-ring (bicyclic) bond motifs is 1. The normalized spacial score (nSPS) is 15.9. The number of benzene rings is 1. The maximum absolute atomic E-state index is 13.2. The second kappa shape index (κ2) is 5.23. The highest BCUT2D eigenvalue weighted by atomic mass is 35.5. The molecule has 1 aromatic heterocycles. The molecule has 1 aliphatic heterocycles. The molecule has 0 fully saturated rings. The summed E-state index contributed by atoms with van der Waals surface area (Å²) in [4.78, 5) is 11.6. The molecular formula is C14H10ClF3N2O3. The zero-order valence-corrected chi connectivity index (χ0v) is 12.5. The standard InChI is InChI=1S/C14H10ClF3N2O3/c1-2-22-9-4-8(13(19-20-13)14(16,17)18)5-10-12(9)7(6-15)3-11(21)23-10/h3-5H,2,6H2,1H3. The number of rotatable bonds is 4. The maximum atomic E-state index is 13.2. The Bertz CT molecular complexity index is 855. The Morgan fingerprint density at radius 3 is 2.52 bits per heavy atom. The van der Waals surface area contributed by atoms with Gasteiger partial charge in [0, 0.05) is 17.5 Å². The van der Waals surface area contributed by atoms with Crippen LogP contribution in [0.5, 0.6) is 5.75 Å². The molecular weight excluding hydrogens is 337 g/mol. The minimum Gasteiger partial charge on any atom is -0.493 e.